The molecule has 2 aromatic carbocycles. The van der Waals surface area contributed by atoms with Crippen molar-refractivity contribution in [3.05, 3.63) is 83.7 Å². The Morgan fingerprint density at radius 1 is 1.07 bits per heavy atom. The third kappa shape index (κ3) is 3.82. The lowest BCUT2D eigenvalue weighted by Crippen LogP contribution is -2.29. The number of carbonyl (C=O) groups is 2. The number of rotatable bonds is 5. The Hall–Kier alpha value is -3.67. The average molecular weight is 387 g/mol. The van der Waals surface area contributed by atoms with Crippen molar-refractivity contribution in [2.24, 2.45) is 0 Å². The lowest BCUT2D eigenvalue weighted by molar-refractivity contribution is 0.0527. The predicted octanol–water partition coefficient (Wildman–Crippen LogP) is 4.20. The van der Waals surface area contributed by atoms with Crippen LogP contribution in [0.1, 0.15) is 33.3 Å². The zero-order valence-corrected chi connectivity index (χ0v) is 16.1. The fourth-order valence-corrected chi connectivity index (χ4v) is 3.42. The summed E-state index contributed by atoms with van der Waals surface area (Å²) >= 11 is 0. The molecule has 0 unspecified atom stereocenters. The molecular formula is C23H21N3O3. The van der Waals surface area contributed by atoms with E-state index >= 15 is 0 Å². The number of ether oxygens (including phenoxy) is 1. The maximum absolute atomic E-state index is 12.9. The number of anilines is 3. The van der Waals surface area contributed by atoms with Crippen molar-refractivity contribution >= 4 is 28.9 Å². The van der Waals surface area contributed by atoms with Gasteiger partial charge in [-0.15, -0.1) is 0 Å². The second kappa shape index (κ2) is 8.14. The number of pyridine rings is 1. The van der Waals surface area contributed by atoms with E-state index in [4.69, 9.17) is 4.74 Å². The van der Waals surface area contributed by atoms with Gasteiger partial charge in [-0.05, 0) is 49.2 Å². The Balaban J connectivity index is 1.51. The number of hydrogen-bond donors (Lipinski definition) is 1. The largest absolute Gasteiger partial charge is 0.462 e. The summed E-state index contributed by atoms with van der Waals surface area (Å²) in [5, 5.41) is 3.17. The number of carbonyl (C=O) groups excluding carboxylic acids is 2. The van der Waals surface area contributed by atoms with E-state index in [0.29, 0.717) is 35.8 Å². The van der Waals surface area contributed by atoms with E-state index in [-0.39, 0.29) is 11.9 Å². The Morgan fingerprint density at radius 2 is 1.86 bits per heavy atom. The number of nitrogens with zero attached hydrogens (tertiary/aromatic N) is 2. The molecule has 0 saturated carbocycles. The molecule has 0 bridgehead atoms. The van der Waals surface area contributed by atoms with E-state index in [1.165, 1.54) is 5.56 Å². The molecule has 0 saturated heterocycles. The molecule has 1 amide bonds. The van der Waals surface area contributed by atoms with E-state index in [1.807, 2.05) is 30.3 Å². The monoisotopic (exact) mass is 387 g/mol. The lowest BCUT2D eigenvalue weighted by atomic mass is 10.1. The molecule has 29 heavy (non-hydrogen) atoms. The quantitative estimate of drug-likeness (QED) is 0.664. The van der Waals surface area contributed by atoms with Crippen molar-refractivity contribution < 1.29 is 14.3 Å². The van der Waals surface area contributed by atoms with Gasteiger partial charge in [0.2, 0.25) is 0 Å². The first-order chi connectivity index (χ1) is 14.2. The zero-order valence-electron chi connectivity index (χ0n) is 16.1. The van der Waals surface area contributed by atoms with Gasteiger partial charge >= 0.3 is 5.97 Å². The van der Waals surface area contributed by atoms with Crippen molar-refractivity contribution in [3.8, 4) is 0 Å². The highest BCUT2D eigenvalue weighted by Gasteiger charge is 2.25. The molecule has 146 valence electrons. The number of benzene rings is 2. The molecule has 6 heteroatoms. The van der Waals surface area contributed by atoms with Crippen LogP contribution in [0.3, 0.4) is 0 Å². The van der Waals surface area contributed by atoms with Gasteiger partial charge in [-0.25, -0.2) is 9.78 Å². The van der Waals surface area contributed by atoms with Gasteiger partial charge in [0, 0.05) is 12.2 Å². The molecule has 1 aromatic heterocycles. The number of hydrogen-bond acceptors (Lipinski definition) is 5. The van der Waals surface area contributed by atoms with Crippen molar-refractivity contribution in [2.45, 2.75) is 13.3 Å². The topological polar surface area (TPSA) is 71.5 Å². The summed E-state index contributed by atoms with van der Waals surface area (Å²) in [6.45, 7) is 2.74. The first-order valence-electron chi connectivity index (χ1n) is 9.56. The Bertz CT molecular complexity index is 1050. The van der Waals surface area contributed by atoms with Crippen LogP contribution in [0.5, 0.6) is 0 Å². The van der Waals surface area contributed by atoms with Crippen molar-refractivity contribution in [3.63, 3.8) is 0 Å². The molecule has 0 radical (unpaired) electrons. The third-order valence-electron chi connectivity index (χ3n) is 4.82. The molecule has 6 nitrogen and oxygen atoms in total. The van der Waals surface area contributed by atoms with E-state index in [1.54, 1.807) is 48.4 Å². The van der Waals surface area contributed by atoms with Crippen LogP contribution in [0.25, 0.3) is 0 Å². The van der Waals surface area contributed by atoms with Gasteiger partial charge in [0.1, 0.15) is 5.69 Å². The molecule has 0 fully saturated rings. The summed E-state index contributed by atoms with van der Waals surface area (Å²) in [6.07, 6.45) is 2.45. The molecular weight excluding hydrogens is 366 g/mol. The van der Waals surface area contributed by atoms with Crippen molar-refractivity contribution in [1.29, 1.82) is 0 Å². The van der Waals surface area contributed by atoms with Crippen LogP contribution in [-0.4, -0.2) is 30.0 Å². The van der Waals surface area contributed by atoms with Gasteiger partial charge in [0.05, 0.1) is 29.7 Å². The summed E-state index contributed by atoms with van der Waals surface area (Å²) in [6, 6.07) is 18.5. The van der Waals surface area contributed by atoms with Gasteiger partial charge < -0.3 is 15.0 Å². The average Bonchev–Trinajstić information content (AvgIpc) is 3.18. The van der Waals surface area contributed by atoms with E-state index in [9.17, 15) is 9.59 Å². The van der Waals surface area contributed by atoms with Gasteiger partial charge in [0.25, 0.3) is 5.91 Å². The summed E-state index contributed by atoms with van der Waals surface area (Å²) in [5.41, 5.74) is 4.26. The van der Waals surface area contributed by atoms with Gasteiger partial charge in [0.15, 0.2) is 0 Å². The number of esters is 1. The van der Waals surface area contributed by atoms with E-state index in [0.717, 1.165) is 12.1 Å². The fourth-order valence-electron chi connectivity index (χ4n) is 3.42. The summed E-state index contributed by atoms with van der Waals surface area (Å²) < 4.78 is 5.10. The smallest absolute Gasteiger partial charge is 0.340 e. The SMILES string of the molecule is CCOC(=O)c1ccccc1Nc1ccc(C(=O)N2CCc3ccccc32)nc1. The molecule has 1 N–H and O–H groups in total. The summed E-state index contributed by atoms with van der Waals surface area (Å²) in [5.74, 6) is -0.503. The van der Waals surface area contributed by atoms with E-state index < -0.39 is 0 Å². The highest BCUT2D eigenvalue weighted by molar-refractivity contribution is 6.06. The zero-order chi connectivity index (χ0) is 20.2. The molecule has 4 rings (SSSR count). The molecule has 0 aliphatic carbocycles. The molecule has 0 atom stereocenters. The second-order valence-corrected chi connectivity index (χ2v) is 6.66. The highest BCUT2D eigenvalue weighted by atomic mass is 16.5. The maximum Gasteiger partial charge on any atom is 0.340 e. The number of amides is 1. The minimum atomic E-state index is -0.386. The highest BCUT2D eigenvalue weighted by Crippen LogP contribution is 2.29. The van der Waals surface area contributed by atoms with Crippen molar-refractivity contribution in [1.82, 2.24) is 4.98 Å². The van der Waals surface area contributed by atoms with Crippen LogP contribution in [0.4, 0.5) is 17.1 Å². The Morgan fingerprint density at radius 3 is 2.66 bits per heavy atom. The fraction of sp³-hybridized carbons (Fsp3) is 0.174. The van der Waals surface area contributed by atoms with Crippen LogP contribution in [0.15, 0.2) is 66.9 Å². The lowest BCUT2D eigenvalue weighted by Gasteiger charge is -2.17. The summed E-state index contributed by atoms with van der Waals surface area (Å²) in [7, 11) is 0. The minimum Gasteiger partial charge on any atom is -0.462 e. The van der Waals surface area contributed by atoms with Gasteiger partial charge in [-0.3, -0.25) is 4.79 Å². The standard InChI is InChI=1S/C23H21N3O3/c1-2-29-23(28)18-8-4-5-9-19(18)25-17-11-12-20(24-15-17)22(27)26-14-13-16-7-3-6-10-21(16)26/h3-12,15,25H,2,13-14H2,1H3. The van der Waals surface area contributed by atoms with Crippen LogP contribution >= 0.6 is 0 Å². The molecule has 1 aliphatic rings. The number of aromatic nitrogens is 1. The molecule has 1 aliphatic heterocycles. The number of nitrogens with one attached hydrogen (secondary N) is 1. The minimum absolute atomic E-state index is 0.117. The molecule has 2 heterocycles. The first-order valence-corrected chi connectivity index (χ1v) is 9.56. The van der Waals surface area contributed by atoms with Gasteiger partial charge in [-0.2, -0.15) is 0 Å². The van der Waals surface area contributed by atoms with Crippen LogP contribution in [0.2, 0.25) is 0 Å². The second-order valence-electron chi connectivity index (χ2n) is 6.66. The predicted molar refractivity (Wildman–Crippen MR) is 112 cm³/mol. The maximum atomic E-state index is 12.9. The van der Waals surface area contributed by atoms with Gasteiger partial charge in [-0.1, -0.05) is 30.3 Å². The Kier molecular flexibility index (Phi) is 5.24. The van der Waals surface area contributed by atoms with E-state index in [2.05, 4.69) is 10.3 Å². The molecule has 3 aromatic rings. The van der Waals surface area contributed by atoms with Crippen LogP contribution < -0.4 is 10.2 Å². The normalized spacial score (nSPS) is 12.4. The number of para-hydroxylation sites is 2. The molecule has 0 spiro atoms. The van der Waals surface area contributed by atoms with Crippen molar-refractivity contribution in [2.75, 3.05) is 23.4 Å². The van der Waals surface area contributed by atoms with Crippen LogP contribution in [-0.2, 0) is 11.2 Å². The summed E-state index contributed by atoms with van der Waals surface area (Å²) in [4.78, 5) is 31.1. The number of fused-ring (bicyclic) bond motifs is 1. The Labute approximate surface area is 169 Å². The first kappa shape index (κ1) is 18.7. The third-order valence-corrected chi connectivity index (χ3v) is 4.82. The van der Waals surface area contributed by atoms with Crippen LogP contribution in [0, 0.1) is 0 Å².